The Morgan fingerprint density at radius 3 is 2.61 bits per heavy atom. The van der Waals surface area contributed by atoms with Gasteiger partial charge < -0.3 is 19.5 Å². The van der Waals surface area contributed by atoms with Crippen LogP contribution >= 0.6 is 11.3 Å². The molecule has 0 bridgehead atoms. The highest BCUT2D eigenvalue weighted by Gasteiger charge is 2.28. The summed E-state index contributed by atoms with van der Waals surface area (Å²) in [7, 11) is 0. The van der Waals surface area contributed by atoms with E-state index in [4.69, 9.17) is 14.2 Å². The number of piperidine rings is 1. The fraction of sp³-hybridized carbons (Fsp3) is 0.462. The van der Waals surface area contributed by atoms with Gasteiger partial charge in [-0.15, -0.1) is 0 Å². The van der Waals surface area contributed by atoms with E-state index in [9.17, 15) is 4.79 Å². The van der Waals surface area contributed by atoms with Gasteiger partial charge in [-0.3, -0.25) is 4.90 Å². The Kier molecular flexibility index (Phi) is 6.56. The van der Waals surface area contributed by atoms with Crippen molar-refractivity contribution in [3.8, 4) is 16.5 Å². The van der Waals surface area contributed by atoms with Crippen LogP contribution < -0.4 is 19.9 Å². The van der Waals surface area contributed by atoms with Crippen molar-refractivity contribution >= 4 is 39.5 Å². The maximum Gasteiger partial charge on any atom is 0.324 e. The monoisotopic (exact) mass is 534 g/mol. The number of thiazole rings is 1. The third-order valence-electron chi connectivity index (χ3n) is 7.12. The summed E-state index contributed by atoms with van der Waals surface area (Å²) in [6.07, 6.45) is 3.75. The largest absolute Gasteiger partial charge is 0.467 e. The molecule has 2 fully saturated rings. The molecule has 2 aliphatic rings. The molecule has 1 N–H and O–H groups in total. The molecule has 198 valence electrons. The summed E-state index contributed by atoms with van der Waals surface area (Å²) >= 11 is 1.46. The summed E-state index contributed by atoms with van der Waals surface area (Å²) in [6, 6.07) is 8.18. The third kappa shape index (κ3) is 4.87. The molecular weight excluding hydrogens is 504 g/mol. The van der Waals surface area contributed by atoms with Crippen LogP contribution in [0.5, 0.6) is 5.19 Å². The second kappa shape index (κ2) is 10.2. The maximum absolute atomic E-state index is 11.9. The van der Waals surface area contributed by atoms with Crippen LogP contribution in [0.25, 0.3) is 21.6 Å². The molecule has 0 spiro atoms. The van der Waals surface area contributed by atoms with Gasteiger partial charge >= 0.3 is 12.0 Å². The van der Waals surface area contributed by atoms with E-state index in [0.29, 0.717) is 36.0 Å². The number of hydrogen-bond acceptors (Lipinski definition) is 10. The lowest BCUT2D eigenvalue weighted by atomic mass is 9.92. The summed E-state index contributed by atoms with van der Waals surface area (Å²) in [4.78, 5) is 35.0. The molecule has 0 saturated carbocycles. The molecule has 0 aliphatic carbocycles. The zero-order valence-corrected chi connectivity index (χ0v) is 22.4. The average molecular weight is 535 g/mol. The summed E-state index contributed by atoms with van der Waals surface area (Å²) in [6.45, 7) is 9.20. The topological polar surface area (TPSA) is 122 Å². The van der Waals surface area contributed by atoms with Gasteiger partial charge in [-0.25, -0.2) is 19.7 Å². The third-order valence-corrected chi connectivity index (χ3v) is 7.98. The minimum absolute atomic E-state index is 0.0330. The first-order valence-electron chi connectivity index (χ1n) is 13.0. The number of hydrogen-bond donors (Lipinski definition) is 1. The van der Waals surface area contributed by atoms with Crippen LogP contribution in [0.3, 0.4) is 0 Å². The number of amides is 2. The molecule has 12 heteroatoms. The van der Waals surface area contributed by atoms with Gasteiger partial charge in [-0.05, 0) is 49.9 Å². The highest BCUT2D eigenvalue weighted by atomic mass is 32.1. The first kappa shape index (κ1) is 24.5. The van der Waals surface area contributed by atoms with Gasteiger partial charge in [0, 0.05) is 43.9 Å². The van der Waals surface area contributed by atoms with Gasteiger partial charge in [0.2, 0.25) is 0 Å². The van der Waals surface area contributed by atoms with E-state index in [2.05, 4.69) is 51.1 Å². The Balaban J connectivity index is 1.08. The second-order valence-corrected chi connectivity index (χ2v) is 11.0. The van der Waals surface area contributed by atoms with Gasteiger partial charge in [0.05, 0.1) is 5.69 Å². The molecule has 2 amide bonds. The molecule has 6 heterocycles. The number of anilines is 2. The predicted octanol–water partition coefficient (Wildman–Crippen LogP) is 4.47. The summed E-state index contributed by atoms with van der Waals surface area (Å²) < 4.78 is 11.7. The number of pyridine rings is 2. The molecule has 6 rings (SSSR count). The summed E-state index contributed by atoms with van der Waals surface area (Å²) in [5.74, 6) is 2.04. The van der Waals surface area contributed by atoms with Crippen molar-refractivity contribution in [1.29, 1.82) is 0 Å². The Morgan fingerprint density at radius 2 is 1.92 bits per heavy atom. The SMILES string of the molecule is CC(C)c1noc(N2CCC(C(C)Oc3nc4ccc(-c5ccc(N6CCNC6=O)nc5)nc4s3)CC2)n1. The van der Waals surface area contributed by atoms with E-state index in [1.807, 2.05) is 24.3 Å². The lowest BCUT2D eigenvalue weighted by Crippen LogP contribution is -2.38. The fourth-order valence-electron chi connectivity index (χ4n) is 4.80. The quantitative estimate of drug-likeness (QED) is 0.366. The molecule has 2 aliphatic heterocycles. The van der Waals surface area contributed by atoms with Gasteiger partial charge in [0.25, 0.3) is 5.19 Å². The van der Waals surface area contributed by atoms with Crippen LogP contribution in [0.15, 0.2) is 35.0 Å². The summed E-state index contributed by atoms with van der Waals surface area (Å²) in [5.41, 5.74) is 2.50. The lowest BCUT2D eigenvalue weighted by Gasteiger charge is -2.33. The second-order valence-electron chi connectivity index (χ2n) is 10.0. The molecule has 2 saturated heterocycles. The molecule has 11 nitrogen and oxygen atoms in total. The van der Waals surface area contributed by atoms with E-state index >= 15 is 0 Å². The van der Waals surface area contributed by atoms with Crippen molar-refractivity contribution in [2.45, 2.75) is 45.6 Å². The zero-order chi connectivity index (χ0) is 26.2. The zero-order valence-electron chi connectivity index (χ0n) is 21.6. The van der Waals surface area contributed by atoms with Gasteiger partial charge in [0.1, 0.15) is 22.3 Å². The lowest BCUT2D eigenvalue weighted by molar-refractivity contribution is 0.131. The highest BCUT2D eigenvalue weighted by molar-refractivity contribution is 7.19. The van der Waals surface area contributed by atoms with Crippen molar-refractivity contribution in [3.63, 3.8) is 0 Å². The normalized spacial score (nSPS) is 17.4. The van der Waals surface area contributed by atoms with E-state index in [-0.39, 0.29) is 18.1 Å². The Morgan fingerprint density at radius 1 is 1.08 bits per heavy atom. The fourth-order valence-corrected chi connectivity index (χ4v) is 5.67. The first-order valence-corrected chi connectivity index (χ1v) is 13.8. The van der Waals surface area contributed by atoms with Gasteiger partial charge in [-0.1, -0.05) is 30.3 Å². The number of aromatic nitrogens is 5. The number of rotatable bonds is 7. The number of carbonyl (C=O) groups excluding carboxylic acids is 1. The van der Waals surface area contributed by atoms with E-state index in [1.54, 1.807) is 11.1 Å². The molecule has 0 aromatic carbocycles. The van der Waals surface area contributed by atoms with Crippen LogP contribution in [0.4, 0.5) is 16.6 Å². The van der Waals surface area contributed by atoms with Gasteiger partial charge in [-0.2, -0.15) is 4.98 Å². The van der Waals surface area contributed by atoms with E-state index in [0.717, 1.165) is 53.4 Å². The molecule has 4 aromatic rings. The van der Waals surface area contributed by atoms with Crippen molar-refractivity contribution in [2.75, 3.05) is 36.0 Å². The molecule has 4 aromatic heterocycles. The number of carbonyl (C=O) groups is 1. The van der Waals surface area contributed by atoms with E-state index in [1.165, 1.54) is 11.3 Å². The average Bonchev–Trinajstić information content (AvgIpc) is 3.68. The molecule has 1 unspecified atom stereocenters. The first-order chi connectivity index (χ1) is 18.4. The van der Waals surface area contributed by atoms with Crippen molar-refractivity contribution in [1.82, 2.24) is 30.4 Å². The molecular formula is C26H30N8O3S. The minimum Gasteiger partial charge on any atom is -0.467 e. The van der Waals surface area contributed by atoms with Crippen molar-refractivity contribution in [2.24, 2.45) is 5.92 Å². The van der Waals surface area contributed by atoms with Crippen LogP contribution in [0.2, 0.25) is 0 Å². The maximum atomic E-state index is 11.9. The Hall–Kier alpha value is -3.80. The number of fused-ring (bicyclic) bond motifs is 1. The number of urea groups is 1. The van der Waals surface area contributed by atoms with Crippen LogP contribution in [0, 0.1) is 5.92 Å². The van der Waals surface area contributed by atoms with Crippen molar-refractivity contribution in [3.05, 3.63) is 36.3 Å². The van der Waals surface area contributed by atoms with Crippen molar-refractivity contribution < 1.29 is 14.1 Å². The highest BCUT2D eigenvalue weighted by Crippen LogP contribution is 2.32. The minimum atomic E-state index is -0.117. The molecule has 0 radical (unpaired) electrons. The van der Waals surface area contributed by atoms with E-state index < -0.39 is 0 Å². The Bertz CT molecular complexity index is 1430. The Labute approximate surface area is 224 Å². The number of ether oxygens (including phenoxy) is 1. The molecule has 1 atom stereocenters. The molecule has 38 heavy (non-hydrogen) atoms. The standard InChI is InChI=1S/C26H30N8O3S/c1-15(2)22-31-25(37-32-22)33-11-8-17(9-12-33)16(3)36-26-30-20-6-5-19(29-23(20)38-26)18-4-7-21(28-14-18)34-13-10-27-24(34)35/h4-7,14-17H,8-13H2,1-3H3,(H,27,35). The summed E-state index contributed by atoms with van der Waals surface area (Å²) in [5, 5.41) is 7.51. The van der Waals surface area contributed by atoms with Gasteiger partial charge in [0.15, 0.2) is 5.82 Å². The van der Waals surface area contributed by atoms with Crippen LogP contribution in [-0.4, -0.2) is 63.4 Å². The number of nitrogens with zero attached hydrogens (tertiary/aromatic N) is 7. The van der Waals surface area contributed by atoms with Crippen LogP contribution in [-0.2, 0) is 0 Å². The predicted molar refractivity (Wildman–Crippen MR) is 145 cm³/mol. The number of nitrogens with one attached hydrogen (secondary N) is 1. The van der Waals surface area contributed by atoms with Crippen LogP contribution in [0.1, 0.15) is 45.4 Å². The smallest absolute Gasteiger partial charge is 0.324 e.